The maximum absolute atomic E-state index is 12.0. The Morgan fingerprint density at radius 3 is 2.57 bits per heavy atom. The van der Waals surface area contributed by atoms with E-state index in [1.807, 2.05) is 0 Å². The number of piperidine rings is 1. The van der Waals surface area contributed by atoms with Gasteiger partial charge >= 0.3 is 0 Å². The standard InChI is InChI=1S/C11H20N2O/c1-9-4-7-13(8-9)11(14)10-2-5-12-6-3-10/h9-10,12H,2-8H2,1H3. The molecule has 2 rings (SSSR count). The van der Waals surface area contributed by atoms with Crippen LogP contribution in [0.5, 0.6) is 0 Å². The average Bonchev–Trinajstić information content (AvgIpc) is 2.65. The minimum Gasteiger partial charge on any atom is -0.342 e. The van der Waals surface area contributed by atoms with Crippen molar-refractivity contribution in [3.8, 4) is 0 Å². The van der Waals surface area contributed by atoms with Crippen LogP contribution in [-0.4, -0.2) is 37.0 Å². The molecule has 2 heterocycles. The van der Waals surface area contributed by atoms with Gasteiger partial charge in [0.1, 0.15) is 0 Å². The van der Waals surface area contributed by atoms with E-state index in [2.05, 4.69) is 17.1 Å². The molecule has 80 valence electrons. The highest BCUT2D eigenvalue weighted by molar-refractivity contribution is 5.79. The van der Waals surface area contributed by atoms with Crippen molar-refractivity contribution < 1.29 is 4.79 Å². The molecule has 14 heavy (non-hydrogen) atoms. The topological polar surface area (TPSA) is 32.3 Å². The van der Waals surface area contributed by atoms with Crippen LogP contribution in [0.4, 0.5) is 0 Å². The van der Waals surface area contributed by atoms with Crippen LogP contribution in [0.3, 0.4) is 0 Å². The van der Waals surface area contributed by atoms with Crippen LogP contribution in [0.2, 0.25) is 0 Å². The quantitative estimate of drug-likeness (QED) is 0.674. The van der Waals surface area contributed by atoms with E-state index in [4.69, 9.17) is 0 Å². The summed E-state index contributed by atoms with van der Waals surface area (Å²) in [4.78, 5) is 14.1. The summed E-state index contributed by atoms with van der Waals surface area (Å²) in [7, 11) is 0. The van der Waals surface area contributed by atoms with Crippen LogP contribution >= 0.6 is 0 Å². The van der Waals surface area contributed by atoms with Gasteiger partial charge in [0.15, 0.2) is 0 Å². The number of nitrogens with one attached hydrogen (secondary N) is 1. The van der Waals surface area contributed by atoms with Crippen LogP contribution in [0.1, 0.15) is 26.2 Å². The second-order valence-electron chi connectivity index (χ2n) is 4.70. The minimum absolute atomic E-state index is 0.307. The summed E-state index contributed by atoms with van der Waals surface area (Å²) in [6.45, 7) is 6.24. The molecule has 2 saturated heterocycles. The highest BCUT2D eigenvalue weighted by Crippen LogP contribution is 2.21. The molecule has 0 spiro atoms. The number of carbonyl (C=O) groups excluding carboxylic acids is 1. The third-order valence-electron chi connectivity index (χ3n) is 3.42. The second kappa shape index (κ2) is 4.30. The Bertz CT molecular complexity index is 205. The largest absolute Gasteiger partial charge is 0.342 e. The Balaban J connectivity index is 1.87. The second-order valence-corrected chi connectivity index (χ2v) is 4.70. The summed E-state index contributed by atoms with van der Waals surface area (Å²) in [5, 5.41) is 3.30. The van der Waals surface area contributed by atoms with E-state index in [9.17, 15) is 4.79 Å². The lowest BCUT2D eigenvalue weighted by Crippen LogP contribution is -2.39. The van der Waals surface area contributed by atoms with Gasteiger partial charge in [-0.1, -0.05) is 6.92 Å². The summed E-state index contributed by atoms with van der Waals surface area (Å²) in [6, 6.07) is 0. The van der Waals surface area contributed by atoms with Gasteiger partial charge in [-0.2, -0.15) is 0 Å². The van der Waals surface area contributed by atoms with Crippen molar-refractivity contribution in [2.45, 2.75) is 26.2 Å². The van der Waals surface area contributed by atoms with Gasteiger partial charge in [-0.15, -0.1) is 0 Å². The number of likely N-dealkylation sites (tertiary alicyclic amines) is 1. The number of rotatable bonds is 1. The highest BCUT2D eigenvalue weighted by atomic mass is 16.2. The molecular formula is C11H20N2O. The van der Waals surface area contributed by atoms with Crippen molar-refractivity contribution in [3.63, 3.8) is 0 Å². The molecule has 0 bridgehead atoms. The van der Waals surface area contributed by atoms with Crippen molar-refractivity contribution in [1.82, 2.24) is 10.2 Å². The molecule has 3 heteroatoms. The summed E-state index contributed by atoms with van der Waals surface area (Å²) in [5.74, 6) is 1.43. The molecule has 0 radical (unpaired) electrons. The summed E-state index contributed by atoms with van der Waals surface area (Å²) in [5.41, 5.74) is 0. The van der Waals surface area contributed by atoms with Gasteiger partial charge in [-0.05, 0) is 38.3 Å². The van der Waals surface area contributed by atoms with E-state index in [-0.39, 0.29) is 0 Å². The molecule has 1 unspecified atom stereocenters. The fourth-order valence-electron chi connectivity index (χ4n) is 2.46. The van der Waals surface area contributed by atoms with Gasteiger partial charge in [-0.25, -0.2) is 0 Å². The van der Waals surface area contributed by atoms with Gasteiger partial charge in [0, 0.05) is 19.0 Å². The van der Waals surface area contributed by atoms with Crippen molar-refractivity contribution in [1.29, 1.82) is 0 Å². The molecule has 2 aliphatic heterocycles. The van der Waals surface area contributed by atoms with E-state index in [0.29, 0.717) is 17.7 Å². The SMILES string of the molecule is CC1CCN(C(=O)C2CCNCC2)C1. The van der Waals surface area contributed by atoms with Crippen LogP contribution < -0.4 is 5.32 Å². The van der Waals surface area contributed by atoms with E-state index in [0.717, 1.165) is 39.0 Å². The number of amides is 1. The van der Waals surface area contributed by atoms with Crippen molar-refractivity contribution in [3.05, 3.63) is 0 Å². The van der Waals surface area contributed by atoms with Crippen molar-refractivity contribution in [2.24, 2.45) is 11.8 Å². The summed E-state index contributed by atoms with van der Waals surface area (Å²) >= 11 is 0. The number of hydrogen-bond donors (Lipinski definition) is 1. The number of nitrogens with zero attached hydrogens (tertiary/aromatic N) is 1. The van der Waals surface area contributed by atoms with Gasteiger partial charge in [-0.3, -0.25) is 4.79 Å². The normalized spacial score (nSPS) is 29.5. The lowest BCUT2D eigenvalue weighted by Gasteiger charge is -2.26. The first kappa shape index (κ1) is 9.97. The fourth-order valence-corrected chi connectivity index (χ4v) is 2.46. The molecule has 2 fully saturated rings. The maximum atomic E-state index is 12.0. The molecule has 0 aromatic rings. The van der Waals surface area contributed by atoms with Crippen molar-refractivity contribution in [2.75, 3.05) is 26.2 Å². The van der Waals surface area contributed by atoms with Gasteiger partial charge in [0.05, 0.1) is 0 Å². The van der Waals surface area contributed by atoms with Crippen LogP contribution in [0.15, 0.2) is 0 Å². The zero-order chi connectivity index (χ0) is 9.97. The molecule has 0 saturated carbocycles. The fraction of sp³-hybridized carbons (Fsp3) is 0.909. The third-order valence-corrected chi connectivity index (χ3v) is 3.42. The third kappa shape index (κ3) is 2.08. The molecule has 0 aromatic heterocycles. The highest BCUT2D eigenvalue weighted by Gasteiger charge is 2.29. The van der Waals surface area contributed by atoms with Crippen LogP contribution in [-0.2, 0) is 4.79 Å². The lowest BCUT2D eigenvalue weighted by atomic mass is 9.97. The molecule has 3 nitrogen and oxygen atoms in total. The van der Waals surface area contributed by atoms with Crippen LogP contribution in [0, 0.1) is 11.8 Å². The number of carbonyl (C=O) groups is 1. The van der Waals surface area contributed by atoms with E-state index < -0.39 is 0 Å². The Kier molecular flexibility index (Phi) is 3.06. The monoisotopic (exact) mass is 196 g/mol. The predicted molar refractivity (Wildman–Crippen MR) is 56.0 cm³/mol. The van der Waals surface area contributed by atoms with Gasteiger partial charge < -0.3 is 10.2 Å². The zero-order valence-electron chi connectivity index (χ0n) is 8.96. The molecule has 1 N–H and O–H groups in total. The van der Waals surface area contributed by atoms with Gasteiger partial charge in [0.25, 0.3) is 0 Å². The molecule has 1 atom stereocenters. The first-order chi connectivity index (χ1) is 6.77. The zero-order valence-corrected chi connectivity index (χ0v) is 8.96. The van der Waals surface area contributed by atoms with E-state index >= 15 is 0 Å². The Morgan fingerprint density at radius 2 is 2.00 bits per heavy atom. The maximum Gasteiger partial charge on any atom is 0.225 e. The number of hydrogen-bond acceptors (Lipinski definition) is 2. The molecule has 0 aromatic carbocycles. The molecule has 1 amide bonds. The Labute approximate surface area is 85.8 Å². The molecular weight excluding hydrogens is 176 g/mol. The Morgan fingerprint density at radius 1 is 1.29 bits per heavy atom. The van der Waals surface area contributed by atoms with Crippen molar-refractivity contribution >= 4 is 5.91 Å². The lowest BCUT2D eigenvalue weighted by molar-refractivity contribution is -0.135. The molecule has 0 aliphatic carbocycles. The van der Waals surface area contributed by atoms with Gasteiger partial charge in [0.2, 0.25) is 5.91 Å². The van der Waals surface area contributed by atoms with E-state index in [1.54, 1.807) is 0 Å². The predicted octanol–water partition coefficient (Wildman–Crippen LogP) is 0.854. The minimum atomic E-state index is 0.307. The summed E-state index contributed by atoms with van der Waals surface area (Å²) in [6.07, 6.45) is 3.25. The van der Waals surface area contributed by atoms with E-state index in [1.165, 1.54) is 6.42 Å². The first-order valence-electron chi connectivity index (χ1n) is 5.77. The summed E-state index contributed by atoms with van der Waals surface area (Å²) < 4.78 is 0. The molecule has 2 aliphatic rings. The van der Waals surface area contributed by atoms with Crippen LogP contribution in [0.25, 0.3) is 0 Å². The average molecular weight is 196 g/mol. The first-order valence-corrected chi connectivity index (χ1v) is 5.77. The smallest absolute Gasteiger partial charge is 0.225 e. The Hall–Kier alpha value is -0.570.